The zero-order chi connectivity index (χ0) is 14.7. The molecule has 1 aliphatic rings. The van der Waals surface area contributed by atoms with Gasteiger partial charge in [-0.1, -0.05) is 59.2 Å². The minimum absolute atomic E-state index is 0.232. The van der Waals surface area contributed by atoms with E-state index < -0.39 is 0 Å². The minimum atomic E-state index is 0.232. The Hall–Kier alpha value is -1.15. The number of epoxide rings is 1. The maximum atomic E-state index is 5.63. The van der Waals surface area contributed by atoms with Crippen LogP contribution >= 0.6 is 0 Å². The second kappa shape index (κ2) is 6.53. The highest BCUT2D eigenvalue weighted by Gasteiger charge is 2.36. The van der Waals surface area contributed by atoms with E-state index in [1.54, 1.807) is 0 Å². The Morgan fingerprint density at radius 1 is 1.15 bits per heavy atom. The number of para-hydroxylation sites is 1. The molecular formula is C18H27NO. The summed E-state index contributed by atoms with van der Waals surface area (Å²) in [5.74, 6) is 0.986. The molecule has 1 heterocycles. The molecule has 2 rings (SSSR count). The smallest absolute Gasteiger partial charge is 0.119 e. The second-order valence-electron chi connectivity index (χ2n) is 6.30. The molecule has 2 nitrogen and oxygen atoms in total. The molecule has 0 saturated carbocycles. The van der Waals surface area contributed by atoms with E-state index in [1.807, 2.05) is 6.21 Å². The first kappa shape index (κ1) is 15.2. The van der Waals surface area contributed by atoms with Crippen LogP contribution in [0.4, 0.5) is 5.69 Å². The van der Waals surface area contributed by atoms with Crippen molar-refractivity contribution in [1.82, 2.24) is 0 Å². The van der Waals surface area contributed by atoms with Gasteiger partial charge in [0.05, 0.1) is 11.8 Å². The van der Waals surface area contributed by atoms with Crippen LogP contribution in [0, 0.1) is 0 Å². The van der Waals surface area contributed by atoms with Gasteiger partial charge >= 0.3 is 0 Å². The van der Waals surface area contributed by atoms with Crippen LogP contribution in [0.5, 0.6) is 0 Å². The number of hydrogen-bond acceptors (Lipinski definition) is 2. The van der Waals surface area contributed by atoms with Crippen molar-refractivity contribution in [1.29, 1.82) is 0 Å². The van der Waals surface area contributed by atoms with E-state index in [-0.39, 0.29) is 6.10 Å². The van der Waals surface area contributed by atoms with Crippen molar-refractivity contribution in [3.8, 4) is 0 Å². The molecule has 2 atom stereocenters. The third-order valence-corrected chi connectivity index (χ3v) is 3.89. The Labute approximate surface area is 123 Å². The van der Waals surface area contributed by atoms with Crippen LogP contribution in [0.3, 0.4) is 0 Å². The summed E-state index contributed by atoms with van der Waals surface area (Å²) in [7, 11) is 0. The number of benzene rings is 1. The fraction of sp³-hybridized carbons (Fsp3) is 0.611. The highest BCUT2D eigenvalue weighted by atomic mass is 16.6. The summed E-state index contributed by atoms with van der Waals surface area (Å²) in [4.78, 5) is 4.79. The molecule has 0 N–H and O–H groups in total. The minimum Gasteiger partial charge on any atom is -0.363 e. The standard InChI is InChI=1S/C18H27NO/c1-6-8-16-17(20-16)11-19-18-14(12(2)3)9-7-10-15(18)13(4)5/h7,9-13,16-17H,6,8H2,1-5H3/t16-,17-/m0/s1. The third-order valence-electron chi connectivity index (χ3n) is 3.89. The average molecular weight is 273 g/mol. The first-order chi connectivity index (χ1) is 9.54. The van der Waals surface area contributed by atoms with Gasteiger partial charge in [0.25, 0.3) is 0 Å². The molecule has 20 heavy (non-hydrogen) atoms. The van der Waals surface area contributed by atoms with Gasteiger partial charge in [0.15, 0.2) is 0 Å². The molecule has 0 aromatic heterocycles. The van der Waals surface area contributed by atoms with E-state index in [0.29, 0.717) is 17.9 Å². The molecule has 0 spiro atoms. The fourth-order valence-corrected chi connectivity index (χ4v) is 2.61. The van der Waals surface area contributed by atoms with Crippen LogP contribution < -0.4 is 0 Å². The summed E-state index contributed by atoms with van der Waals surface area (Å²) in [6, 6.07) is 6.54. The van der Waals surface area contributed by atoms with Crippen LogP contribution in [-0.4, -0.2) is 18.4 Å². The molecule has 0 radical (unpaired) electrons. The summed E-state index contributed by atoms with van der Waals surface area (Å²) in [5, 5.41) is 0. The Bertz CT molecular complexity index is 450. The second-order valence-corrected chi connectivity index (χ2v) is 6.30. The van der Waals surface area contributed by atoms with Gasteiger partial charge in [-0.2, -0.15) is 0 Å². The van der Waals surface area contributed by atoms with Crippen LogP contribution in [0.1, 0.15) is 70.4 Å². The Morgan fingerprint density at radius 3 is 2.25 bits per heavy atom. The fourth-order valence-electron chi connectivity index (χ4n) is 2.61. The predicted octanol–water partition coefficient (Wildman–Crippen LogP) is 5.20. The SMILES string of the molecule is CCC[C@@H]1O[C@H]1C=Nc1c(C(C)C)cccc1C(C)C. The molecule has 0 unspecified atom stereocenters. The normalized spacial score (nSPS) is 22.1. The van der Waals surface area contributed by atoms with Crippen molar-refractivity contribution >= 4 is 11.9 Å². The largest absolute Gasteiger partial charge is 0.363 e. The lowest BCUT2D eigenvalue weighted by Gasteiger charge is -2.16. The summed E-state index contributed by atoms with van der Waals surface area (Å²) >= 11 is 0. The lowest BCUT2D eigenvalue weighted by atomic mass is 9.93. The first-order valence-corrected chi connectivity index (χ1v) is 7.87. The van der Waals surface area contributed by atoms with Gasteiger partial charge < -0.3 is 4.74 Å². The molecule has 110 valence electrons. The summed E-state index contributed by atoms with van der Waals surface area (Å²) < 4.78 is 5.63. The Kier molecular flexibility index (Phi) is 4.98. The molecule has 1 aromatic carbocycles. The van der Waals surface area contributed by atoms with Crippen molar-refractivity contribution in [3.05, 3.63) is 29.3 Å². The number of rotatable bonds is 6. The van der Waals surface area contributed by atoms with E-state index >= 15 is 0 Å². The lowest BCUT2D eigenvalue weighted by molar-refractivity contribution is 0.384. The molecule has 1 saturated heterocycles. The monoisotopic (exact) mass is 273 g/mol. The van der Waals surface area contributed by atoms with E-state index in [1.165, 1.54) is 17.5 Å². The zero-order valence-corrected chi connectivity index (χ0v) is 13.4. The molecule has 2 heteroatoms. The maximum absolute atomic E-state index is 5.63. The number of ether oxygens (including phenoxy) is 1. The van der Waals surface area contributed by atoms with Gasteiger partial charge in [-0.25, -0.2) is 0 Å². The number of nitrogens with zero attached hydrogens (tertiary/aromatic N) is 1. The van der Waals surface area contributed by atoms with Crippen LogP contribution in [0.2, 0.25) is 0 Å². The lowest BCUT2D eigenvalue weighted by Crippen LogP contribution is -1.98. The third kappa shape index (κ3) is 3.49. The van der Waals surface area contributed by atoms with E-state index in [0.717, 1.165) is 12.1 Å². The van der Waals surface area contributed by atoms with Crippen molar-refractivity contribution in [2.24, 2.45) is 4.99 Å². The van der Waals surface area contributed by atoms with Gasteiger partial charge in [0.2, 0.25) is 0 Å². The molecule has 1 aromatic rings. The maximum Gasteiger partial charge on any atom is 0.119 e. The number of hydrogen-bond donors (Lipinski definition) is 0. The number of aliphatic imine (C=N–C) groups is 1. The highest BCUT2D eigenvalue weighted by molar-refractivity contribution is 5.73. The van der Waals surface area contributed by atoms with E-state index in [9.17, 15) is 0 Å². The Morgan fingerprint density at radius 2 is 1.75 bits per heavy atom. The van der Waals surface area contributed by atoms with Crippen molar-refractivity contribution in [2.45, 2.75) is 71.5 Å². The highest BCUT2D eigenvalue weighted by Crippen LogP contribution is 2.35. The van der Waals surface area contributed by atoms with Gasteiger partial charge in [0, 0.05) is 6.21 Å². The van der Waals surface area contributed by atoms with Gasteiger partial charge in [0.1, 0.15) is 6.10 Å². The van der Waals surface area contributed by atoms with Crippen molar-refractivity contribution in [2.75, 3.05) is 0 Å². The van der Waals surface area contributed by atoms with Crippen molar-refractivity contribution < 1.29 is 4.74 Å². The quantitative estimate of drug-likeness (QED) is 0.516. The van der Waals surface area contributed by atoms with Crippen molar-refractivity contribution in [3.63, 3.8) is 0 Å². The summed E-state index contributed by atoms with van der Waals surface area (Å²) in [5.41, 5.74) is 3.82. The molecular weight excluding hydrogens is 246 g/mol. The molecule has 1 fully saturated rings. The summed E-state index contributed by atoms with van der Waals surface area (Å²) in [6.07, 6.45) is 4.95. The zero-order valence-electron chi connectivity index (χ0n) is 13.4. The molecule has 0 aliphatic carbocycles. The van der Waals surface area contributed by atoms with Crippen LogP contribution in [0.15, 0.2) is 23.2 Å². The van der Waals surface area contributed by atoms with E-state index in [2.05, 4.69) is 52.8 Å². The van der Waals surface area contributed by atoms with Gasteiger partial charge in [-0.15, -0.1) is 0 Å². The average Bonchev–Trinajstić information content (AvgIpc) is 3.14. The molecule has 1 aliphatic heterocycles. The van der Waals surface area contributed by atoms with Crippen LogP contribution in [0.25, 0.3) is 0 Å². The molecule has 0 amide bonds. The molecule has 0 bridgehead atoms. The van der Waals surface area contributed by atoms with Gasteiger partial charge in [-0.05, 0) is 29.4 Å². The Balaban J connectivity index is 2.23. The van der Waals surface area contributed by atoms with Gasteiger partial charge in [-0.3, -0.25) is 4.99 Å². The van der Waals surface area contributed by atoms with E-state index in [4.69, 9.17) is 9.73 Å². The predicted molar refractivity (Wildman–Crippen MR) is 86.3 cm³/mol. The summed E-state index contributed by atoms with van der Waals surface area (Å²) in [6.45, 7) is 11.1. The topological polar surface area (TPSA) is 24.9 Å². The van der Waals surface area contributed by atoms with Crippen LogP contribution in [-0.2, 0) is 4.74 Å². The first-order valence-electron chi connectivity index (χ1n) is 7.87.